The minimum absolute atomic E-state index is 0.122. The van der Waals surface area contributed by atoms with E-state index in [1.54, 1.807) is 26.1 Å². The Kier molecular flexibility index (Phi) is 3.58. The average Bonchev–Trinajstić information content (AvgIpc) is 2.65. The van der Waals surface area contributed by atoms with Crippen LogP contribution in [0.2, 0.25) is 0 Å². The Labute approximate surface area is 117 Å². The molecule has 0 amide bonds. The lowest BCUT2D eigenvalue weighted by molar-refractivity contribution is 0.414. The van der Waals surface area contributed by atoms with E-state index < -0.39 is 10.0 Å². The van der Waals surface area contributed by atoms with Crippen molar-refractivity contribution in [3.05, 3.63) is 30.0 Å². The highest BCUT2D eigenvalue weighted by Crippen LogP contribution is 2.24. The molecule has 108 valence electrons. The molecule has 20 heavy (non-hydrogen) atoms. The third kappa shape index (κ3) is 2.55. The maximum absolute atomic E-state index is 12.3. The standard InChI is InChI=1S/C12H16N4O3S/c1-8-11(13)12(16(2)14-8)15-20(17,18)10-6-4-9(19-3)5-7-10/h4-7,15H,13H2,1-3H3. The molecule has 1 heterocycles. The third-order valence-corrected chi connectivity index (χ3v) is 4.22. The summed E-state index contributed by atoms with van der Waals surface area (Å²) in [5, 5.41) is 4.06. The van der Waals surface area contributed by atoms with Crippen LogP contribution in [0.15, 0.2) is 29.2 Å². The second-order valence-corrected chi connectivity index (χ2v) is 5.93. The van der Waals surface area contributed by atoms with Crippen LogP contribution in [0.25, 0.3) is 0 Å². The number of nitrogens with two attached hydrogens (primary N) is 1. The van der Waals surface area contributed by atoms with Crippen molar-refractivity contribution in [3.8, 4) is 5.75 Å². The Bertz CT molecular complexity index is 720. The smallest absolute Gasteiger partial charge is 0.263 e. The van der Waals surface area contributed by atoms with Crippen molar-refractivity contribution in [1.29, 1.82) is 0 Å². The highest BCUT2D eigenvalue weighted by Gasteiger charge is 2.19. The van der Waals surface area contributed by atoms with Crippen LogP contribution in [0.5, 0.6) is 5.75 Å². The summed E-state index contributed by atoms with van der Waals surface area (Å²) in [6.45, 7) is 1.71. The molecule has 0 aliphatic carbocycles. The number of aryl methyl sites for hydroxylation is 2. The number of ether oxygens (including phenoxy) is 1. The van der Waals surface area contributed by atoms with Gasteiger partial charge in [0.15, 0.2) is 5.82 Å². The van der Waals surface area contributed by atoms with Gasteiger partial charge in [-0.2, -0.15) is 5.10 Å². The molecule has 1 aromatic carbocycles. The van der Waals surface area contributed by atoms with Crippen molar-refractivity contribution in [2.45, 2.75) is 11.8 Å². The van der Waals surface area contributed by atoms with Crippen LogP contribution in [-0.2, 0) is 17.1 Å². The van der Waals surface area contributed by atoms with E-state index in [1.807, 2.05) is 0 Å². The summed E-state index contributed by atoms with van der Waals surface area (Å²) in [5.41, 5.74) is 6.68. The van der Waals surface area contributed by atoms with Crippen LogP contribution >= 0.6 is 0 Å². The van der Waals surface area contributed by atoms with Gasteiger partial charge in [0.25, 0.3) is 10.0 Å². The summed E-state index contributed by atoms with van der Waals surface area (Å²) < 4.78 is 33.4. The number of sulfonamides is 1. The number of nitrogens with one attached hydrogen (secondary N) is 1. The maximum atomic E-state index is 12.3. The molecule has 0 bridgehead atoms. The van der Waals surface area contributed by atoms with Gasteiger partial charge < -0.3 is 10.5 Å². The lowest BCUT2D eigenvalue weighted by Gasteiger charge is -2.09. The number of benzene rings is 1. The molecule has 0 unspecified atom stereocenters. The molecule has 1 aromatic heterocycles. The Morgan fingerprint density at radius 3 is 2.35 bits per heavy atom. The van der Waals surface area contributed by atoms with Gasteiger partial charge in [-0.3, -0.25) is 4.72 Å². The molecule has 0 spiro atoms. The van der Waals surface area contributed by atoms with E-state index in [2.05, 4.69) is 9.82 Å². The fourth-order valence-electron chi connectivity index (χ4n) is 1.74. The van der Waals surface area contributed by atoms with Crippen molar-refractivity contribution < 1.29 is 13.2 Å². The molecule has 8 heteroatoms. The summed E-state index contributed by atoms with van der Waals surface area (Å²) >= 11 is 0. The maximum Gasteiger partial charge on any atom is 0.263 e. The van der Waals surface area contributed by atoms with Crippen LogP contribution in [-0.4, -0.2) is 25.3 Å². The molecular formula is C12H16N4O3S. The van der Waals surface area contributed by atoms with Gasteiger partial charge in [-0.15, -0.1) is 0 Å². The van der Waals surface area contributed by atoms with E-state index in [0.717, 1.165) is 0 Å². The van der Waals surface area contributed by atoms with Gasteiger partial charge in [0.2, 0.25) is 0 Å². The summed E-state index contributed by atoms with van der Waals surface area (Å²) in [6, 6.07) is 6.07. The predicted molar refractivity (Wildman–Crippen MR) is 76.2 cm³/mol. The molecule has 0 radical (unpaired) electrons. The van der Waals surface area contributed by atoms with E-state index >= 15 is 0 Å². The van der Waals surface area contributed by atoms with Gasteiger partial charge in [-0.05, 0) is 31.2 Å². The Morgan fingerprint density at radius 2 is 1.90 bits per heavy atom. The number of hydrogen-bond donors (Lipinski definition) is 2. The summed E-state index contributed by atoms with van der Waals surface area (Å²) in [6.07, 6.45) is 0. The molecular weight excluding hydrogens is 280 g/mol. The fraction of sp³-hybridized carbons (Fsp3) is 0.250. The van der Waals surface area contributed by atoms with E-state index in [1.165, 1.54) is 23.9 Å². The van der Waals surface area contributed by atoms with Crippen LogP contribution in [0.1, 0.15) is 5.69 Å². The molecule has 0 atom stereocenters. The van der Waals surface area contributed by atoms with Crippen molar-refractivity contribution in [3.63, 3.8) is 0 Å². The first kappa shape index (κ1) is 14.2. The number of nitrogens with zero attached hydrogens (tertiary/aromatic N) is 2. The Hall–Kier alpha value is -2.22. The second-order valence-electron chi connectivity index (χ2n) is 4.25. The molecule has 0 fully saturated rings. The number of hydrogen-bond acceptors (Lipinski definition) is 5. The van der Waals surface area contributed by atoms with Gasteiger partial charge in [0.05, 0.1) is 23.4 Å². The van der Waals surface area contributed by atoms with Gasteiger partial charge in [-0.1, -0.05) is 0 Å². The van der Waals surface area contributed by atoms with Gasteiger partial charge in [-0.25, -0.2) is 13.1 Å². The SMILES string of the molecule is COc1ccc(S(=O)(=O)Nc2c(N)c(C)nn2C)cc1. The van der Waals surface area contributed by atoms with Crippen molar-refractivity contribution in [2.24, 2.45) is 7.05 Å². The molecule has 7 nitrogen and oxygen atoms in total. The van der Waals surface area contributed by atoms with Gasteiger partial charge in [0.1, 0.15) is 5.75 Å². The molecule has 3 N–H and O–H groups in total. The van der Waals surface area contributed by atoms with Crippen LogP contribution in [0.3, 0.4) is 0 Å². The number of anilines is 2. The second kappa shape index (κ2) is 5.04. The van der Waals surface area contributed by atoms with E-state index in [9.17, 15) is 8.42 Å². The molecule has 0 saturated heterocycles. The lowest BCUT2D eigenvalue weighted by atomic mass is 10.3. The molecule has 0 saturated carbocycles. The zero-order valence-electron chi connectivity index (χ0n) is 11.4. The summed E-state index contributed by atoms with van der Waals surface area (Å²) in [7, 11) is -0.581. The highest BCUT2D eigenvalue weighted by atomic mass is 32.2. The minimum Gasteiger partial charge on any atom is -0.497 e. The third-order valence-electron chi connectivity index (χ3n) is 2.87. The topological polar surface area (TPSA) is 99.2 Å². The van der Waals surface area contributed by atoms with Crippen LogP contribution < -0.4 is 15.2 Å². The highest BCUT2D eigenvalue weighted by molar-refractivity contribution is 7.92. The van der Waals surface area contributed by atoms with Crippen LogP contribution in [0.4, 0.5) is 11.5 Å². The number of nitrogen functional groups attached to an aromatic ring is 1. The molecule has 2 rings (SSSR count). The number of methoxy groups -OCH3 is 1. The largest absolute Gasteiger partial charge is 0.497 e. The molecule has 0 aliphatic rings. The zero-order chi connectivity index (χ0) is 14.9. The fourth-order valence-corrected chi connectivity index (χ4v) is 2.85. The first-order valence-corrected chi connectivity index (χ1v) is 7.29. The van der Waals surface area contributed by atoms with E-state index in [4.69, 9.17) is 10.5 Å². The van der Waals surface area contributed by atoms with Crippen molar-refractivity contribution in [1.82, 2.24) is 9.78 Å². The Balaban J connectivity index is 2.35. The number of rotatable bonds is 4. The molecule has 2 aromatic rings. The average molecular weight is 296 g/mol. The van der Waals surface area contributed by atoms with Crippen LogP contribution in [0, 0.1) is 6.92 Å². The van der Waals surface area contributed by atoms with Gasteiger partial charge >= 0.3 is 0 Å². The van der Waals surface area contributed by atoms with Crippen molar-refractivity contribution >= 4 is 21.5 Å². The number of aromatic nitrogens is 2. The Morgan fingerprint density at radius 1 is 1.30 bits per heavy atom. The van der Waals surface area contributed by atoms with E-state index in [0.29, 0.717) is 17.1 Å². The first-order valence-electron chi connectivity index (χ1n) is 5.81. The first-order chi connectivity index (χ1) is 9.35. The van der Waals surface area contributed by atoms with Crippen molar-refractivity contribution in [2.75, 3.05) is 17.6 Å². The monoisotopic (exact) mass is 296 g/mol. The zero-order valence-corrected chi connectivity index (χ0v) is 12.2. The molecule has 0 aliphatic heterocycles. The summed E-state index contributed by atoms with van der Waals surface area (Å²) in [4.78, 5) is 0.122. The quantitative estimate of drug-likeness (QED) is 0.880. The minimum atomic E-state index is -3.72. The normalized spacial score (nSPS) is 11.3. The van der Waals surface area contributed by atoms with E-state index in [-0.39, 0.29) is 10.7 Å². The predicted octanol–water partition coefficient (Wildman–Crippen LogP) is 1.12. The van der Waals surface area contributed by atoms with Gasteiger partial charge in [0, 0.05) is 7.05 Å². The summed E-state index contributed by atoms with van der Waals surface area (Å²) in [5.74, 6) is 0.832. The lowest BCUT2D eigenvalue weighted by Crippen LogP contribution is -2.16.